The van der Waals surface area contributed by atoms with Gasteiger partial charge in [0.05, 0.1) is 5.54 Å². The normalized spacial score (nSPS) is 26.1. The van der Waals surface area contributed by atoms with E-state index in [-0.39, 0.29) is 17.4 Å². The molecule has 4 heteroatoms. The van der Waals surface area contributed by atoms with E-state index in [4.69, 9.17) is 16.3 Å². The number of rotatable bonds is 4. The molecule has 1 heterocycles. The topological polar surface area (TPSA) is 38.3 Å². The summed E-state index contributed by atoms with van der Waals surface area (Å²) in [6.07, 6.45) is 4.07. The lowest BCUT2D eigenvalue weighted by Crippen LogP contribution is -2.54. The lowest BCUT2D eigenvalue weighted by molar-refractivity contribution is -0.128. The van der Waals surface area contributed by atoms with E-state index < -0.39 is 0 Å². The van der Waals surface area contributed by atoms with Gasteiger partial charge in [-0.3, -0.25) is 4.79 Å². The van der Waals surface area contributed by atoms with Gasteiger partial charge in [0, 0.05) is 25.0 Å². The molecule has 1 aliphatic carbocycles. The zero-order valence-electron chi connectivity index (χ0n) is 9.80. The summed E-state index contributed by atoms with van der Waals surface area (Å²) in [6.45, 7) is 3.42. The molecule has 1 saturated carbocycles. The molecular weight excluding hydrogens is 226 g/mol. The van der Waals surface area contributed by atoms with Crippen LogP contribution >= 0.6 is 11.6 Å². The van der Waals surface area contributed by atoms with Gasteiger partial charge in [0.2, 0.25) is 5.91 Å². The number of ether oxygens (including phenoxy) is 1. The van der Waals surface area contributed by atoms with Gasteiger partial charge < -0.3 is 10.1 Å². The molecule has 1 aliphatic heterocycles. The molecule has 0 bridgehead atoms. The first-order valence-corrected chi connectivity index (χ1v) is 6.66. The Hall–Kier alpha value is -0.280. The average Bonchev–Trinajstić information content (AvgIpc) is 3.13. The van der Waals surface area contributed by atoms with E-state index in [1.807, 2.05) is 6.92 Å². The quantitative estimate of drug-likeness (QED) is 0.769. The Morgan fingerprint density at radius 1 is 1.50 bits per heavy atom. The maximum atomic E-state index is 12.0. The van der Waals surface area contributed by atoms with E-state index in [1.165, 1.54) is 12.8 Å². The predicted molar refractivity (Wildman–Crippen MR) is 63.5 cm³/mol. The maximum absolute atomic E-state index is 12.0. The average molecular weight is 246 g/mol. The van der Waals surface area contributed by atoms with E-state index in [0.717, 1.165) is 12.8 Å². The molecule has 3 nitrogen and oxygen atoms in total. The lowest BCUT2D eigenvalue weighted by atomic mass is 9.91. The van der Waals surface area contributed by atoms with E-state index in [9.17, 15) is 4.79 Å². The number of alkyl halides is 1. The zero-order chi connectivity index (χ0) is 11.6. The van der Waals surface area contributed by atoms with Gasteiger partial charge in [-0.2, -0.15) is 0 Å². The van der Waals surface area contributed by atoms with Crippen LogP contribution in [-0.2, 0) is 9.53 Å². The van der Waals surface area contributed by atoms with Crippen molar-refractivity contribution in [2.45, 2.75) is 38.1 Å². The van der Waals surface area contributed by atoms with Gasteiger partial charge >= 0.3 is 0 Å². The van der Waals surface area contributed by atoms with Crippen LogP contribution in [0.5, 0.6) is 0 Å². The van der Waals surface area contributed by atoms with E-state index in [0.29, 0.717) is 25.0 Å². The van der Waals surface area contributed by atoms with Crippen molar-refractivity contribution in [3.63, 3.8) is 0 Å². The molecule has 92 valence electrons. The first-order chi connectivity index (χ1) is 7.67. The van der Waals surface area contributed by atoms with Crippen molar-refractivity contribution in [3.8, 4) is 0 Å². The third-order valence-electron chi connectivity index (χ3n) is 3.84. The second-order valence-electron chi connectivity index (χ2n) is 5.14. The van der Waals surface area contributed by atoms with Crippen molar-refractivity contribution in [2.75, 3.05) is 19.1 Å². The summed E-state index contributed by atoms with van der Waals surface area (Å²) in [4.78, 5) is 12.0. The van der Waals surface area contributed by atoms with E-state index in [2.05, 4.69) is 5.32 Å². The van der Waals surface area contributed by atoms with Crippen LogP contribution in [-0.4, -0.2) is 30.5 Å². The van der Waals surface area contributed by atoms with Gasteiger partial charge in [0.25, 0.3) is 0 Å². The number of hydrogen-bond acceptors (Lipinski definition) is 2. The van der Waals surface area contributed by atoms with Gasteiger partial charge in [0.1, 0.15) is 0 Å². The van der Waals surface area contributed by atoms with Gasteiger partial charge in [0.15, 0.2) is 0 Å². The SMILES string of the molecule is CC(C(=O)NC1(CCl)CCOCC1)C1CC1. The number of carbonyl (C=O) groups is 1. The fraction of sp³-hybridized carbons (Fsp3) is 0.917. The Morgan fingerprint density at radius 3 is 2.62 bits per heavy atom. The Labute approximate surface area is 102 Å². The molecule has 0 aromatic carbocycles. The van der Waals surface area contributed by atoms with Crippen LogP contribution in [0.25, 0.3) is 0 Å². The molecule has 2 fully saturated rings. The van der Waals surface area contributed by atoms with Crippen molar-refractivity contribution < 1.29 is 9.53 Å². The molecule has 0 aromatic heterocycles. The Bertz CT molecular complexity index is 260. The molecule has 1 saturated heterocycles. The minimum atomic E-state index is -0.222. The number of halogens is 1. The largest absolute Gasteiger partial charge is 0.381 e. The first-order valence-electron chi connectivity index (χ1n) is 6.13. The van der Waals surface area contributed by atoms with Crippen molar-refractivity contribution in [2.24, 2.45) is 11.8 Å². The minimum absolute atomic E-state index is 0.142. The van der Waals surface area contributed by atoms with Gasteiger partial charge in [-0.1, -0.05) is 6.92 Å². The molecular formula is C12H20ClNO2. The van der Waals surface area contributed by atoms with Crippen molar-refractivity contribution in [1.29, 1.82) is 0 Å². The Morgan fingerprint density at radius 2 is 2.12 bits per heavy atom. The summed E-state index contributed by atoms with van der Waals surface area (Å²) in [5.41, 5.74) is -0.222. The molecule has 1 N–H and O–H groups in total. The first kappa shape index (κ1) is 12.2. The van der Waals surface area contributed by atoms with E-state index >= 15 is 0 Å². The monoisotopic (exact) mass is 245 g/mol. The smallest absolute Gasteiger partial charge is 0.223 e. The molecule has 0 aromatic rings. The van der Waals surface area contributed by atoms with Crippen LogP contribution in [0.15, 0.2) is 0 Å². The molecule has 2 rings (SSSR count). The number of carbonyl (C=O) groups excluding carboxylic acids is 1. The summed E-state index contributed by atoms with van der Waals surface area (Å²) in [6, 6.07) is 0. The molecule has 1 atom stereocenters. The highest BCUT2D eigenvalue weighted by atomic mass is 35.5. The third kappa shape index (κ3) is 2.69. The van der Waals surface area contributed by atoms with Gasteiger partial charge in [-0.05, 0) is 31.6 Å². The van der Waals surface area contributed by atoms with Crippen LogP contribution in [0.3, 0.4) is 0 Å². The van der Waals surface area contributed by atoms with Gasteiger partial charge in [-0.25, -0.2) is 0 Å². The molecule has 1 unspecified atom stereocenters. The third-order valence-corrected chi connectivity index (χ3v) is 4.35. The highest BCUT2D eigenvalue weighted by molar-refractivity contribution is 6.18. The summed E-state index contributed by atoms with van der Waals surface area (Å²) >= 11 is 6.01. The number of amides is 1. The van der Waals surface area contributed by atoms with E-state index in [1.54, 1.807) is 0 Å². The summed E-state index contributed by atoms with van der Waals surface area (Å²) in [7, 11) is 0. The van der Waals surface area contributed by atoms with Gasteiger partial charge in [-0.15, -0.1) is 11.6 Å². The molecule has 0 spiro atoms. The highest BCUT2D eigenvalue weighted by Gasteiger charge is 2.38. The van der Waals surface area contributed by atoms with Crippen LogP contribution in [0.4, 0.5) is 0 Å². The van der Waals surface area contributed by atoms with Crippen molar-refractivity contribution in [1.82, 2.24) is 5.32 Å². The fourth-order valence-corrected chi connectivity index (χ4v) is 2.57. The van der Waals surface area contributed by atoms with Crippen molar-refractivity contribution in [3.05, 3.63) is 0 Å². The lowest BCUT2D eigenvalue weighted by Gasteiger charge is -2.37. The Balaban J connectivity index is 1.91. The molecule has 1 amide bonds. The molecule has 0 radical (unpaired) electrons. The number of nitrogens with one attached hydrogen (secondary N) is 1. The molecule has 2 aliphatic rings. The minimum Gasteiger partial charge on any atom is -0.381 e. The summed E-state index contributed by atoms with van der Waals surface area (Å²) in [5, 5.41) is 3.15. The predicted octanol–water partition coefficient (Wildman–Crippen LogP) is 1.94. The second-order valence-corrected chi connectivity index (χ2v) is 5.41. The van der Waals surface area contributed by atoms with Crippen LogP contribution in [0, 0.1) is 11.8 Å². The summed E-state index contributed by atoms with van der Waals surface area (Å²) < 4.78 is 5.32. The second kappa shape index (κ2) is 4.92. The molecule has 16 heavy (non-hydrogen) atoms. The maximum Gasteiger partial charge on any atom is 0.223 e. The standard InChI is InChI=1S/C12H20ClNO2/c1-9(10-2-3-10)11(15)14-12(8-13)4-6-16-7-5-12/h9-10H,2-8H2,1H3,(H,14,15). The highest BCUT2D eigenvalue weighted by Crippen LogP contribution is 2.37. The van der Waals surface area contributed by atoms with Crippen LogP contribution < -0.4 is 5.32 Å². The zero-order valence-corrected chi connectivity index (χ0v) is 10.6. The Kier molecular flexibility index (Phi) is 3.75. The fourth-order valence-electron chi connectivity index (χ4n) is 2.24. The van der Waals surface area contributed by atoms with Crippen LogP contribution in [0.2, 0.25) is 0 Å². The summed E-state index contributed by atoms with van der Waals surface area (Å²) in [5.74, 6) is 1.40. The number of hydrogen-bond donors (Lipinski definition) is 1. The van der Waals surface area contributed by atoms with Crippen molar-refractivity contribution >= 4 is 17.5 Å². The van der Waals surface area contributed by atoms with Crippen LogP contribution in [0.1, 0.15) is 32.6 Å².